The van der Waals surface area contributed by atoms with E-state index in [0.29, 0.717) is 55.3 Å². The smallest absolute Gasteiger partial charge is 0.416 e. The second kappa shape index (κ2) is 17.0. The molecule has 1 aromatic heterocycles. The van der Waals surface area contributed by atoms with Crippen molar-refractivity contribution in [2.75, 3.05) is 43.2 Å². The summed E-state index contributed by atoms with van der Waals surface area (Å²) in [4.78, 5) is 23.2. The number of aromatic nitrogens is 2. The van der Waals surface area contributed by atoms with E-state index in [4.69, 9.17) is 9.47 Å². The summed E-state index contributed by atoms with van der Waals surface area (Å²) in [6, 6.07) is 7.62. The average molecular weight is 799 g/mol. The van der Waals surface area contributed by atoms with Crippen molar-refractivity contribution in [1.29, 1.82) is 0 Å². The summed E-state index contributed by atoms with van der Waals surface area (Å²) >= 11 is 0. The van der Waals surface area contributed by atoms with Crippen molar-refractivity contribution in [3.63, 3.8) is 0 Å². The highest BCUT2D eigenvalue weighted by molar-refractivity contribution is 5.77. The number of hydrogen-bond acceptors (Lipinski definition) is 7. The predicted octanol–water partition coefficient (Wildman–Crippen LogP) is 9.78. The Hall–Kier alpha value is -5.06. The van der Waals surface area contributed by atoms with Crippen molar-refractivity contribution < 1.29 is 58.9 Å². The molecule has 1 fully saturated rings. The number of halogens is 9. The van der Waals surface area contributed by atoms with Crippen LogP contribution in [0.3, 0.4) is 0 Å². The molecule has 0 radical (unpaired) electrons. The summed E-state index contributed by atoms with van der Waals surface area (Å²) < 4.78 is 137. The first kappa shape index (κ1) is 42.1. The minimum atomic E-state index is -5.15. The minimum absolute atomic E-state index is 0.00554. The van der Waals surface area contributed by atoms with Gasteiger partial charge in [-0.2, -0.15) is 39.5 Å². The highest BCUT2D eigenvalue weighted by Crippen LogP contribution is 2.42. The molecule has 4 aromatic rings. The van der Waals surface area contributed by atoms with Crippen molar-refractivity contribution >= 4 is 17.6 Å². The van der Waals surface area contributed by atoms with Gasteiger partial charge in [-0.1, -0.05) is 26.0 Å². The van der Waals surface area contributed by atoms with E-state index in [2.05, 4.69) is 9.97 Å². The number of hydrogen-bond donors (Lipinski definition) is 1. The van der Waals surface area contributed by atoms with Crippen LogP contribution in [0.2, 0.25) is 0 Å². The van der Waals surface area contributed by atoms with Gasteiger partial charge < -0.3 is 24.4 Å². The van der Waals surface area contributed by atoms with Crippen LogP contribution in [0.1, 0.15) is 71.6 Å². The van der Waals surface area contributed by atoms with Gasteiger partial charge in [0, 0.05) is 38.2 Å². The second-order valence-electron chi connectivity index (χ2n) is 13.6. The number of benzene rings is 3. The van der Waals surface area contributed by atoms with E-state index in [-0.39, 0.29) is 54.1 Å². The fraction of sp³-hybridized carbons (Fsp3) is 0.410. The molecule has 1 N–H and O–H groups in total. The first-order valence-electron chi connectivity index (χ1n) is 17.6. The molecule has 0 aliphatic carbocycles. The van der Waals surface area contributed by atoms with Crippen LogP contribution in [-0.2, 0) is 47.6 Å². The molecule has 56 heavy (non-hydrogen) atoms. The van der Waals surface area contributed by atoms with Gasteiger partial charge >= 0.3 is 24.5 Å². The number of methoxy groups -OCH3 is 1. The molecule has 5 rings (SSSR count). The minimum Gasteiger partial charge on any atom is -0.496 e. The third-order valence-corrected chi connectivity index (χ3v) is 9.28. The number of anilines is 2. The Kier molecular flexibility index (Phi) is 12.8. The number of carboxylic acids is 1. The SMILES string of the molecule is COc1c(CCCC(=O)O)cc(C(C)C)cc1-c1ccc(C(F)(F)F)cc1CN(Cc1cc(C(F)(F)F)cc(C(F)(F)F)c1)c1ncc(N2CCOCC2)cn1. The number of morpholine rings is 1. The fourth-order valence-corrected chi connectivity index (χ4v) is 6.46. The number of aliphatic carboxylic acids is 1. The molecule has 8 nitrogen and oxygen atoms in total. The number of aryl methyl sites for hydroxylation is 1. The van der Waals surface area contributed by atoms with Gasteiger partial charge in [0.1, 0.15) is 5.75 Å². The number of carboxylic acid groups (broad SMARTS) is 1. The molecule has 0 atom stereocenters. The Morgan fingerprint density at radius 2 is 1.43 bits per heavy atom. The van der Waals surface area contributed by atoms with Crippen molar-refractivity contribution in [3.8, 4) is 16.9 Å². The lowest BCUT2D eigenvalue weighted by atomic mass is 9.89. The first-order valence-corrected chi connectivity index (χ1v) is 17.6. The van der Waals surface area contributed by atoms with Crippen LogP contribution >= 0.6 is 0 Å². The Bertz CT molecular complexity index is 1960. The van der Waals surface area contributed by atoms with Crippen LogP contribution in [0.5, 0.6) is 5.75 Å². The fourth-order valence-electron chi connectivity index (χ4n) is 6.46. The van der Waals surface area contributed by atoms with Gasteiger partial charge in [0.15, 0.2) is 0 Å². The zero-order chi connectivity index (χ0) is 41.0. The third kappa shape index (κ3) is 10.4. The summed E-state index contributed by atoms with van der Waals surface area (Å²) in [5, 5.41) is 9.24. The number of ether oxygens (including phenoxy) is 2. The van der Waals surface area contributed by atoms with Gasteiger partial charge in [0.25, 0.3) is 0 Å². The van der Waals surface area contributed by atoms with Crippen molar-refractivity contribution in [2.45, 2.75) is 70.6 Å². The lowest BCUT2D eigenvalue weighted by molar-refractivity contribution is -0.143. The summed E-state index contributed by atoms with van der Waals surface area (Å²) in [6.45, 7) is 4.47. The van der Waals surface area contributed by atoms with Gasteiger partial charge in [-0.05, 0) is 83.0 Å². The molecule has 2 heterocycles. The quantitative estimate of drug-likeness (QED) is 0.134. The van der Waals surface area contributed by atoms with Crippen LogP contribution < -0.4 is 14.5 Å². The molecule has 0 bridgehead atoms. The molecule has 17 heteroatoms. The molecule has 0 unspecified atom stereocenters. The molecular formula is C39H39F9N4O4. The molecule has 1 saturated heterocycles. The normalized spacial score (nSPS) is 14.0. The van der Waals surface area contributed by atoms with E-state index in [1.165, 1.54) is 30.5 Å². The van der Waals surface area contributed by atoms with E-state index in [1.807, 2.05) is 24.8 Å². The van der Waals surface area contributed by atoms with Crippen LogP contribution in [0.4, 0.5) is 51.1 Å². The van der Waals surface area contributed by atoms with Crippen molar-refractivity contribution in [3.05, 3.63) is 99.9 Å². The maximum absolute atomic E-state index is 14.3. The van der Waals surface area contributed by atoms with Gasteiger partial charge in [-0.15, -0.1) is 0 Å². The Morgan fingerprint density at radius 3 is 1.96 bits per heavy atom. The molecular weight excluding hydrogens is 759 g/mol. The van der Waals surface area contributed by atoms with E-state index in [1.54, 1.807) is 6.07 Å². The van der Waals surface area contributed by atoms with Gasteiger partial charge in [0.2, 0.25) is 5.95 Å². The van der Waals surface area contributed by atoms with E-state index in [9.17, 15) is 49.4 Å². The Morgan fingerprint density at radius 1 is 0.821 bits per heavy atom. The highest BCUT2D eigenvalue weighted by Gasteiger charge is 2.37. The van der Waals surface area contributed by atoms with Crippen LogP contribution in [0, 0.1) is 0 Å². The van der Waals surface area contributed by atoms with Crippen molar-refractivity contribution in [1.82, 2.24) is 9.97 Å². The molecule has 302 valence electrons. The number of rotatable bonds is 13. The predicted molar refractivity (Wildman–Crippen MR) is 189 cm³/mol. The highest BCUT2D eigenvalue weighted by atomic mass is 19.4. The molecule has 3 aromatic carbocycles. The van der Waals surface area contributed by atoms with Gasteiger partial charge in [0.05, 0.1) is 55.1 Å². The molecule has 1 aliphatic rings. The Balaban J connectivity index is 1.70. The van der Waals surface area contributed by atoms with Crippen LogP contribution in [0.15, 0.2) is 60.9 Å². The summed E-state index contributed by atoms with van der Waals surface area (Å²) in [5.74, 6) is -1.01. The van der Waals surface area contributed by atoms with Crippen molar-refractivity contribution in [2.24, 2.45) is 0 Å². The molecule has 0 spiro atoms. The zero-order valence-electron chi connectivity index (χ0n) is 30.6. The molecule has 1 aliphatic heterocycles. The van der Waals surface area contributed by atoms with Crippen LogP contribution in [-0.4, -0.2) is 54.5 Å². The summed E-state index contributed by atoms with van der Waals surface area (Å²) in [5.41, 5.74) is -2.13. The molecule has 0 amide bonds. The summed E-state index contributed by atoms with van der Waals surface area (Å²) in [6.07, 6.45) is -12.0. The maximum atomic E-state index is 14.3. The number of alkyl halides is 9. The average Bonchev–Trinajstić information content (AvgIpc) is 3.13. The lowest BCUT2D eigenvalue weighted by Crippen LogP contribution is -2.36. The van der Waals surface area contributed by atoms with Crippen LogP contribution in [0.25, 0.3) is 11.1 Å². The second-order valence-corrected chi connectivity index (χ2v) is 13.6. The maximum Gasteiger partial charge on any atom is 0.416 e. The van der Waals surface area contributed by atoms with E-state index < -0.39 is 59.8 Å². The number of nitrogens with zero attached hydrogens (tertiary/aromatic N) is 4. The lowest BCUT2D eigenvalue weighted by Gasteiger charge is -2.29. The van der Waals surface area contributed by atoms with Gasteiger partial charge in [-0.3, -0.25) is 4.79 Å². The summed E-state index contributed by atoms with van der Waals surface area (Å²) in [7, 11) is 1.36. The number of carbonyl (C=O) groups is 1. The Labute approximate surface area is 316 Å². The molecule has 0 saturated carbocycles. The first-order chi connectivity index (χ1) is 26.2. The third-order valence-electron chi connectivity index (χ3n) is 9.28. The largest absolute Gasteiger partial charge is 0.496 e. The zero-order valence-corrected chi connectivity index (χ0v) is 30.6. The standard InChI is InChI=1S/C39H39F9N4O4/c1-23(2)26-15-25(5-4-6-34(53)54)35(55-3)33(17-26)32-8-7-28(37(40,41)42)16-27(32)22-52(36-49-19-31(20-50-36)51-9-11-56-12-10-51)21-24-13-29(38(43,44)45)18-30(14-24)39(46,47)48/h7-8,13-20,23H,4-6,9-12,21-22H2,1-3H3,(H,53,54). The van der Waals surface area contributed by atoms with E-state index >= 15 is 0 Å². The van der Waals surface area contributed by atoms with Gasteiger partial charge in [-0.25, -0.2) is 9.97 Å². The monoisotopic (exact) mass is 798 g/mol. The van der Waals surface area contributed by atoms with E-state index in [0.717, 1.165) is 17.7 Å². The topological polar surface area (TPSA) is 88.0 Å².